The van der Waals surface area contributed by atoms with Crippen molar-refractivity contribution >= 4 is 38.9 Å². The van der Waals surface area contributed by atoms with Crippen molar-refractivity contribution in [1.82, 2.24) is 14.5 Å². The van der Waals surface area contributed by atoms with Crippen LogP contribution in [-0.4, -0.2) is 70.0 Å². The monoisotopic (exact) mass is 487 g/mol. The molecule has 8 nitrogen and oxygen atoms in total. The Kier molecular flexibility index (Phi) is 7.82. The Bertz CT molecular complexity index is 1020. The van der Waals surface area contributed by atoms with E-state index in [9.17, 15) is 13.2 Å². The molecule has 3 rings (SSSR count). The van der Waals surface area contributed by atoms with E-state index in [0.717, 1.165) is 16.9 Å². The molecule has 1 aromatic carbocycles. The lowest BCUT2D eigenvalue weighted by molar-refractivity contribution is -0.126. The third-order valence-corrected chi connectivity index (χ3v) is 8.85. The molecule has 1 aliphatic heterocycles. The summed E-state index contributed by atoms with van der Waals surface area (Å²) in [5.41, 5.74) is 0.892. The lowest BCUT2D eigenvalue weighted by Crippen LogP contribution is -2.54. The number of hydrogen-bond acceptors (Lipinski definition) is 7. The predicted octanol–water partition coefficient (Wildman–Crippen LogP) is 2.43. The summed E-state index contributed by atoms with van der Waals surface area (Å²) in [6.45, 7) is 3.78. The largest absolute Gasteiger partial charge is 0.493 e. The van der Waals surface area contributed by atoms with Crippen LogP contribution in [0.3, 0.4) is 0 Å². The molecule has 1 amide bonds. The van der Waals surface area contributed by atoms with Gasteiger partial charge in [0, 0.05) is 32.7 Å². The predicted molar refractivity (Wildman–Crippen MR) is 121 cm³/mol. The number of hydrogen-bond donors (Lipinski definition) is 1. The lowest BCUT2D eigenvalue weighted by atomic mass is 10.2. The summed E-state index contributed by atoms with van der Waals surface area (Å²) in [4.78, 5) is 14.6. The summed E-state index contributed by atoms with van der Waals surface area (Å²) in [6.07, 6.45) is 0. The summed E-state index contributed by atoms with van der Waals surface area (Å²) in [7, 11) is -0.416. The number of ether oxygens (including phenoxy) is 2. The van der Waals surface area contributed by atoms with Gasteiger partial charge in [0.1, 0.15) is 4.21 Å². The van der Waals surface area contributed by atoms with Crippen molar-refractivity contribution in [3.63, 3.8) is 0 Å². The minimum absolute atomic E-state index is 0.115. The van der Waals surface area contributed by atoms with E-state index in [2.05, 4.69) is 5.32 Å². The van der Waals surface area contributed by atoms with Crippen molar-refractivity contribution in [3.05, 3.63) is 40.2 Å². The number of halogens is 1. The molecule has 1 unspecified atom stereocenters. The van der Waals surface area contributed by atoms with Crippen molar-refractivity contribution in [2.75, 3.05) is 40.4 Å². The van der Waals surface area contributed by atoms with E-state index in [1.807, 2.05) is 24.0 Å². The van der Waals surface area contributed by atoms with Crippen LogP contribution < -0.4 is 14.8 Å². The van der Waals surface area contributed by atoms with Gasteiger partial charge in [-0.1, -0.05) is 17.7 Å². The summed E-state index contributed by atoms with van der Waals surface area (Å²) in [6, 6.07) is 8.22. The highest BCUT2D eigenvalue weighted by Gasteiger charge is 2.32. The van der Waals surface area contributed by atoms with Gasteiger partial charge in [-0.15, -0.1) is 11.3 Å². The molecule has 0 radical (unpaired) electrons. The number of carbonyl (C=O) groups is 1. The van der Waals surface area contributed by atoms with Crippen molar-refractivity contribution in [3.8, 4) is 11.5 Å². The number of amides is 1. The van der Waals surface area contributed by atoms with Crippen LogP contribution in [0.15, 0.2) is 34.5 Å². The Balaban J connectivity index is 1.53. The Morgan fingerprint density at radius 3 is 2.39 bits per heavy atom. The maximum absolute atomic E-state index is 12.7. The van der Waals surface area contributed by atoms with E-state index >= 15 is 0 Å². The molecule has 0 spiro atoms. The molecule has 11 heteroatoms. The third-order valence-electron chi connectivity index (χ3n) is 5.26. The van der Waals surface area contributed by atoms with Gasteiger partial charge in [-0.2, -0.15) is 4.31 Å². The second-order valence-corrected chi connectivity index (χ2v) is 11.0. The maximum Gasteiger partial charge on any atom is 0.252 e. The number of sulfonamides is 1. The Hall–Kier alpha value is -1.85. The molecule has 2 heterocycles. The normalized spacial score (nSPS) is 16.6. The zero-order valence-corrected chi connectivity index (χ0v) is 20.0. The molecule has 1 aliphatic rings. The van der Waals surface area contributed by atoms with E-state index in [0.29, 0.717) is 48.6 Å². The van der Waals surface area contributed by atoms with Gasteiger partial charge in [0.2, 0.25) is 5.91 Å². The van der Waals surface area contributed by atoms with Crippen LogP contribution in [0.5, 0.6) is 11.5 Å². The van der Waals surface area contributed by atoms with E-state index in [1.165, 1.54) is 10.4 Å². The first-order chi connectivity index (χ1) is 14.8. The second-order valence-electron chi connectivity index (χ2n) is 7.08. The molecular weight excluding hydrogens is 462 g/mol. The average molecular weight is 488 g/mol. The van der Waals surface area contributed by atoms with Gasteiger partial charge in [-0.25, -0.2) is 8.42 Å². The molecule has 1 N–H and O–H groups in total. The van der Waals surface area contributed by atoms with Gasteiger partial charge in [0.05, 0.1) is 24.6 Å². The van der Waals surface area contributed by atoms with Crippen LogP contribution in [0.4, 0.5) is 0 Å². The van der Waals surface area contributed by atoms with Crippen molar-refractivity contribution in [2.24, 2.45) is 0 Å². The second kappa shape index (κ2) is 10.2. The topological polar surface area (TPSA) is 88.2 Å². The van der Waals surface area contributed by atoms with Crippen LogP contribution >= 0.6 is 22.9 Å². The molecular formula is C20H26ClN3O5S2. The summed E-state index contributed by atoms with van der Waals surface area (Å²) >= 11 is 6.93. The molecule has 1 atom stereocenters. The number of benzene rings is 1. The van der Waals surface area contributed by atoms with Crippen LogP contribution in [0.25, 0.3) is 0 Å². The lowest BCUT2D eigenvalue weighted by Gasteiger charge is -2.36. The van der Waals surface area contributed by atoms with Crippen LogP contribution in [0, 0.1) is 0 Å². The number of nitrogens with one attached hydrogen (secondary N) is 1. The molecule has 1 aromatic heterocycles. The van der Waals surface area contributed by atoms with Gasteiger partial charge in [0.25, 0.3) is 10.0 Å². The highest BCUT2D eigenvalue weighted by atomic mass is 35.5. The summed E-state index contributed by atoms with van der Waals surface area (Å²) in [5.74, 6) is 1.12. The smallest absolute Gasteiger partial charge is 0.252 e. The minimum atomic E-state index is -3.55. The van der Waals surface area contributed by atoms with Gasteiger partial charge in [-0.05, 0) is 36.8 Å². The standard InChI is InChI=1S/C20H26ClN3O5S2/c1-14(20(25)22-13-15-4-5-16(28-2)17(12-15)29-3)23-8-10-24(11-9-23)31(26,27)19-7-6-18(21)30-19/h4-7,12,14H,8-11,13H2,1-3H3,(H,22,25). The number of thiophene rings is 1. The Labute approximate surface area is 191 Å². The van der Waals surface area contributed by atoms with Gasteiger partial charge >= 0.3 is 0 Å². The van der Waals surface area contributed by atoms with E-state index in [-0.39, 0.29) is 16.2 Å². The third kappa shape index (κ3) is 5.50. The van der Waals surface area contributed by atoms with Crippen LogP contribution in [0.2, 0.25) is 4.34 Å². The zero-order valence-electron chi connectivity index (χ0n) is 17.6. The van der Waals surface area contributed by atoms with Gasteiger partial charge in [0.15, 0.2) is 11.5 Å². The molecule has 0 saturated carbocycles. The summed E-state index contributed by atoms with van der Waals surface area (Å²) in [5, 5.41) is 2.93. The summed E-state index contributed by atoms with van der Waals surface area (Å²) < 4.78 is 38.1. The van der Waals surface area contributed by atoms with Crippen LogP contribution in [-0.2, 0) is 21.4 Å². The highest BCUT2D eigenvalue weighted by molar-refractivity contribution is 7.91. The van der Waals surface area contributed by atoms with E-state index in [4.69, 9.17) is 21.1 Å². The molecule has 31 heavy (non-hydrogen) atoms. The fourth-order valence-electron chi connectivity index (χ4n) is 3.39. The van der Waals surface area contributed by atoms with Crippen molar-refractivity contribution in [2.45, 2.75) is 23.7 Å². The molecule has 0 bridgehead atoms. The van der Waals surface area contributed by atoms with Gasteiger partial charge < -0.3 is 14.8 Å². The maximum atomic E-state index is 12.7. The Morgan fingerprint density at radius 1 is 1.13 bits per heavy atom. The van der Waals surface area contributed by atoms with E-state index < -0.39 is 10.0 Å². The van der Waals surface area contributed by atoms with Crippen molar-refractivity contribution in [1.29, 1.82) is 0 Å². The Morgan fingerprint density at radius 2 is 1.81 bits per heavy atom. The SMILES string of the molecule is COc1ccc(CNC(=O)C(C)N2CCN(S(=O)(=O)c3ccc(Cl)s3)CC2)cc1OC. The molecule has 170 valence electrons. The number of carbonyl (C=O) groups excluding carboxylic acids is 1. The van der Waals surface area contributed by atoms with Gasteiger partial charge in [-0.3, -0.25) is 9.69 Å². The number of nitrogens with zero attached hydrogens (tertiary/aromatic N) is 2. The zero-order chi connectivity index (χ0) is 22.6. The molecule has 1 saturated heterocycles. The minimum Gasteiger partial charge on any atom is -0.493 e. The van der Waals surface area contributed by atoms with E-state index in [1.54, 1.807) is 26.4 Å². The molecule has 2 aromatic rings. The fraction of sp³-hybridized carbons (Fsp3) is 0.450. The first-order valence-electron chi connectivity index (χ1n) is 9.74. The first kappa shape index (κ1) is 23.8. The molecule has 0 aliphatic carbocycles. The number of rotatable bonds is 8. The number of methoxy groups -OCH3 is 2. The number of piperazine rings is 1. The average Bonchev–Trinajstić information content (AvgIpc) is 3.24. The molecule has 1 fully saturated rings. The van der Waals surface area contributed by atoms with Crippen LogP contribution in [0.1, 0.15) is 12.5 Å². The fourth-order valence-corrected chi connectivity index (χ4v) is 6.45. The van der Waals surface area contributed by atoms with Crippen molar-refractivity contribution < 1.29 is 22.7 Å². The highest BCUT2D eigenvalue weighted by Crippen LogP contribution is 2.29. The first-order valence-corrected chi connectivity index (χ1v) is 12.4. The quantitative estimate of drug-likeness (QED) is 0.615.